The zero-order valence-corrected chi connectivity index (χ0v) is 17.2. The Morgan fingerprint density at radius 3 is 2.63 bits per heavy atom. The smallest absolute Gasteiger partial charge is 0.254 e. The van der Waals surface area contributed by atoms with Gasteiger partial charge in [-0.05, 0) is 67.8 Å². The number of rotatable bonds is 2. The summed E-state index contributed by atoms with van der Waals surface area (Å²) in [5.41, 5.74) is 4.09. The van der Waals surface area contributed by atoms with Crippen LogP contribution in [0, 0.1) is 31.0 Å². The number of aryl methyl sites for hydroxylation is 2. The van der Waals surface area contributed by atoms with Crippen LogP contribution in [0.3, 0.4) is 0 Å². The Morgan fingerprint density at radius 2 is 1.87 bits per heavy atom. The second-order valence-corrected chi connectivity index (χ2v) is 7.74. The Kier molecular flexibility index (Phi) is 5.37. The molecule has 0 spiro atoms. The number of pyridine rings is 1. The number of hydrogen-bond donors (Lipinski definition) is 0. The number of fused-ring (bicyclic) bond motifs is 1. The van der Waals surface area contributed by atoms with Crippen LogP contribution >= 0.6 is 0 Å². The lowest BCUT2D eigenvalue weighted by molar-refractivity contribution is 0.0766. The van der Waals surface area contributed by atoms with Crippen LogP contribution in [0.15, 0.2) is 42.5 Å². The molecule has 1 amide bonds. The number of anilines is 1. The minimum absolute atomic E-state index is 0.172. The quantitative estimate of drug-likeness (QED) is 0.644. The third-order valence-corrected chi connectivity index (χ3v) is 5.68. The van der Waals surface area contributed by atoms with E-state index in [9.17, 15) is 14.4 Å². The second kappa shape index (κ2) is 8.11. The SMILES string of the molecule is Cc1cc2cc(C#N)c(N3CCCN(C(=O)c4cccc(F)c4)CC3)nc2cc1C. The Balaban J connectivity index is 1.60. The average molecular weight is 402 g/mol. The van der Waals surface area contributed by atoms with Gasteiger partial charge in [0.05, 0.1) is 11.1 Å². The van der Waals surface area contributed by atoms with Crippen molar-refractivity contribution in [1.82, 2.24) is 9.88 Å². The number of carbonyl (C=O) groups is 1. The summed E-state index contributed by atoms with van der Waals surface area (Å²) in [7, 11) is 0. The zero-order valence-electron chi connectivity index (χ0n) is 17.2. The van der Waals surface area contributed by atoms with Crippen LogP contribution in [0.1, 0.15) is 33.5 Å². The first-order valence-electron chi connectivity index (χ1n) is 10.1. The molecule has 30 heavy (non-hydrogen) atoms. The van der Waals surface area contributed by atoms with E-state index in [1.165, 1.54) is 17.7 Å². The lowest BCUT2D eigenvalue weighted by Gasteiger charge is -2.24. The van der Waals surface area contributed by atoms with Gasteiger partial charge in [-0.3, -0.25) is 4.79 Å². The topological polar surface area (TPSA) is 60.2 Å². The lowest BCUT2D eigenvalue weighted by atomic mass is 10.0. The van der Waals surface area contributed by atoms with Crippen molar-refractivity contribution in [2.45, 2.75) is 20.3 Å². The van der Waals surface area contributed by atoms with E-state index in [1.807, 2.05) is 19.1 Å². The molecule has 0 unspecified atom stereocenters. The van der Waals surface area contributed by atoms with Crippen LogP contribution in [-0.4, -0.2) is 42.0 Å². The van der Waals surface area contributed by atoms with E-state index >= 15 is 0 Å². The maximum atomic E-state index is 13.5. The normalized spacial score (nSPS) is 14.5. The number of benzene rings is 2. The highest BCUT2D eigenvalue weighted by Crippen LogP contribution is 2.26. The molecule has 0 bridgehead atoms. The van der Waals surface area contributed by atoms with Crippen LogP contribution in [0.2, 0.25) is 0 Å². The van der Waals surface area contributed by atoms with Crippen molar-refractivity contribution in [2.75, 3.05) is 31.1 Å². The first-order valence-corrected chi connectivity index (χ1v) is 10.1. The van der Waals surface area contributed by atoms with E-state index in [2.05, 4.69) is 24.0 Å². The van der Waals surface area contributed by atoms with E-state index in [0.717, 1.165) is 22.9 Å². The van der Waals surface area contributed by atoms with Crippen molar-refractivity contribution >= 4 is 22.6 Å². The molecule has 0 saturated carbocycles. The molecule has 0 radical (unpaired) electrons. The second-order valence-electron chi connectivity index (χ2n) is 7.74. The first kappa shape index (κ1) is 19.8. The van der Waals surface area contributed by atoms with Gasteiger partial charge in [0, 0.05) is 37.1 Å². The third kappa shape index (κ3) is 3.84. The van der Waals surface area contributed by atoms with Crippen LogP contribution in [0.5, 0.6) is 0 Å². The summed E-state index contributed by atoms with van der Waals surface area (Å²) in [6, 6.07) is 14.1. The summed E-state index contributed by atoms with van der Waals surface area (Å²) in [4.78, 5) is 21.4. The maximum absolute atomic E-state index is 13.5. The van der Waals surface area contributed by atoms with Gasteiger partial charge < -0.3 is 9.80 Å². The monoisotopic (exact) mass is 402 g/mol. The molecular weight excluding hydrogens is 379 g/mol. The molecule has 0 aliphatic carbocycles. The minimum atomic E-state index is -0.415. The van der Waals surface area contributed by atoms with E-state index < -0.39 is 5.82 Å². The van der Waals surface area contributed by atoms with Crippen LogP contribution in [0.4, 0.5) is 10.2 Å². The third-order valence-electron chi connectivity index (χ3n) is 5.68. The summed E-state index contributed by atoms with van der Waals surface area (Å²) < 4.78 is 13.5. The molecule has 3 aromatic rings. The summed E-state index contributed by atoms with van der Waals surface area (Å²) >= 11 is 0. The molecule has 6 heteroatoms. The molecule has 1 aliphatic rings. The minimum Gasteiger partial charge on any atom is -0.354 e. The Labute approximate surface area is 175 Å². The van der Waals surface area contributed by atoms with E-state index in [0.29, 0.717) is 43.1 Å². The molecule has 2 aromatic carbocycles. The van der Waals surface area contributed by atoms with Crippen LogP contribution < -0.4 is 4.90 Å². The zero-order chi connectivity index (χ0) is 21.3. The average Bonchev–Trinajstić information content (AvgIpc) is 2.99. The molecule has 2 heterocycles. The Bertz CT molecular complexity index is 1170. The predicted molar refractivity (Wildman–Crippen MR) is 115 cm³/mol. The molecule has 4 rings (SSSR count). The molecule has 152 valence electrons. The Hall–Kier alpha value is -3.46. The van der Waals surface area contributed by atoms with E-state index in [-0.39, 0.29) is 5.91 Å². The van der Waals surface area contributed by atoms with Crippen LogP contribution in [-0.2, 0) is 0 Å². The van der Waals surface area contributed by atoms with Gasteiger partial charge in [-0.1, -0.05) is 6.07 Å². The van der Waals surface area contributed by atoms with Gasteiger partial charge in [-0.2, -0.15) is 5.26 Å². The molecule has 1 aromatic heterocycles. The van der Waals surface area contributed by atoms with Crippen molar-refractivity contribution in [3.8, 4) is 6.07 Å². The number of aromatic nitrogens is 1. The van der Waals surface area contributed by atoms with Crippen LogP contribution in [0.25, 0.3) is 10.9 Å². The fraction of sp³-hybridized carbons (Fsp3) is 0.292. The van der Waals surface area contributed by atoms with Gasteiger partial charge in [-0.15, -0.1) is 0 Å². The number of halogens is 1. The summed E-state index contributed by atoms with van der Waals surface area (Å²) in [6.45, 7) is 6.44. The first-order chi connectivity index (χ1) is 14.5. The molecule has 1 aliphatic heterocycles. The maximum Gasteiger partial charge on any atom is 0.254 e. The van der Waals surface area contributed by atoms with Gasteiger partial charge in [-0.25, -0.2) is 9.37 Å². The van der Waals surface area contributed by atoms with Crippen molar-refractivity contribution in [2.24, 2.45) is 0 Å². The molecular formula is C24H23FN4O. The molecule has 1 saturated heterocycles. The summed E-state index contributed by atoms with van der Waals surface area (Å²) in [6.07, 6.45) is 0.749. The number of nitrogens with zero attached hydrogens (tertiary/aromatic N) is 4. The highest BCUT2D eigenvalue weighted by Gasteiger charge is 2.23. The number of amides is 1. The van der Waals surface area contributed by atoms with Crippen molar-refractivity contribution in [3.05, 3.63) is 70.5 Å². The lowest BCUT2D eigenvalue weighted by Crippen LogP contribution is -2.35. The number of carbonyl (C=O) groups excluding carboxylic acids is 1. The fourth-order valence-corrected chi connectivity index (χ4v) is 3.89. The van der Waals surface area contributed by atoms with E-state index in [4.69, 9.17) is 4.98 Å². The molecule has 5 nitrogen and oxygen atoms in total. The van der Waals surface area contributed by atoms with Crippen molar-refractivity contribution in [1.29, 1.82) is 5.26 Å². The largest absolute Gasteiger partial charge is 0.354 e. The van der Waals surface area contributed by atoms with Gasteiger partial charge in [0.25, 0.3) is 5.91 Å². The number of nitriles is 1. The molecule has 0 atom stereocenters. The number of hydrogen-bond acceptors (Lipinski definition) is 4. The summed E-state index contributed by atoms with van der Waals surface area (Å²) in [5, 5.41) is 10.7. The van der Waals surface area contributed by atoms with Crippen molar-refractivity contribution in [3.63, 3.8) is 0 Å². The van der Waals surface area contributed by atoms with Gasteiger partial charge in [0.1, 0.15) is 17.7 Å². The molecule has 0 N–H and O–H groups in total. The predicted octanol–water partition coefficient (Wildman–Crippen LogP) is 4.21. The standard InChI is InChI=1S/C24H23FN4O/c1-16-11-19-13-20(15-26)23(27-22(19)12-17(16)2)28-7-4-8-29(10-9-28)24(30)18-5-3-6-21(25)14-18/h3,5-6,11-14H,4,7-10H2,1-2H3. The highest BCUT2D eigenvalue weighted by molar-refractivity contribution is 5.94. The molecule has 1 fully saturated rings. The highest BCUT2D eigenvalue weighted by atomic mass is 19.1. The van der Waals surface area contributed by atoms with Gasteiger partial charge in [0.2, 0.25) is 0 Å². The summed E-state index contributed by atoms with van der Waals surface area (Å²) in [5.74, 6) is 0.0737. The fourth-order valence-electron chi connectivity index (χ4n) is 3.89. The van der Waals surface area contributed by atoms with Gasteiger partial charge >= 0.3 is 0 Å². The van der Waals surface area contributed by atoms with Crippen molar-refractivity contribution < 1.29 is 9.18 Å². The van der Waals surface area contributed by atoms with Gasteiger partial charge in [0.15, 0.2) is 0 Å². The van der Waals surface area contributed by atoms with E-state index in [1.54, 1.807) is 17.0 Å². The Morgan fingerprint density at radius 1 is 1.07 bits per heavy atom.